The molecule has 0 saturated heterocycles. The molecule has 1 aromatic heterocycles. The van der Waals surface area contributed by atoms with Gasteiger partial charge in [-0.25, -0.2) is 9.97 Å². The SMILES string of the molecule is CCc1ncnc(C)c1N=CC(C)CC. The predicted octanol–water partition coefficient (Wildman–Crippen LogP) is 3.10. The molecule has 0 bridgehead atoms. The Morgan fingerprint density at radius 2 is 2.13 bits per heavy atom. The van der Waals surface area contributed by atoms with Crippen molar-refractivity contribution in [3.63, 3.8) is 0 Å². The lowest BCUT2D eigenvalue weighted by Crippen LogP contribution is -1.96. The zero-order valence-corrected chi connectivity index (χ0v) is 9.99. The van der Waals surface area contributed by atoms with Crippen LogP contribution < -0.4 is 0 Å². The summed E-state index contributed by atoms with van der Waals surface area (Å²) in [6.07, 6.45) is 5.61. The Labute approximate surface area is 91.7 Å². The molecular formula is C12H19N3. The van der Waals surface area contributed by atoms with Crippen LogP contribution in [0.15, 0.2) is 11.3 Å². The first-order valence-electron chi connectivity index (χ1n) is 5.53. The summed E-state index contributed by atoms with van der Waals surface area (Å²) in [6.45, 7) is 8.38. The molecule has 1 atom stereocenters. The van der Waals surface area contributed by atoms with Crippen molar-refractivity contribution in [1.82, 2.24) is 9.97 Å². The summed E-state index contributed by atoms with van der Waals surface area (Å²) in [5.74, 6) is 0.509. The van der Waals surface area contributed by atoms with Gasteiger partial charge in [0.2, 0.25) is 0 Å². The lowest BCUT2D eigenvalue weighted by molar-refractivity contribution is 0.754. The second-order valence-corrected chi connectivity index (χ2v) is 3.77. The molecule has 1 heterocycles. The third kappa shape index (κ3) is 3.11. The van der Waals surface area contributed by atoms with Crippen molar-refractivity contribution < 1.29 is 0 Å². The molecule has 0 aliphatic heterocycles. The molecule has 0 amide bonds. The van der Waals surface area contributed by atoms with Gasteiger partial charge in [0.05, 0.1) is 11.4 Å². The van der Waals surface area contributed by atoms with Crippen LogP contribution in [0.1, 0.15) is 38.6 Å². The van der Waals surface area contributed by atoms with Crippen molar-refractivity contribution in [2.75, 3.05) is 0 Å². The molecule has 3 heteroatoms. The van der Waals surface area contributed by atoms with Gasteiger partial charge in [-0.3, -0.25) is 4.99 Å². The summed E-state index contributed by atoms with van der Waals surface area (Å²) in [4.78, 5) is 12.9. The molecule has 1 aromatic rings. The van der Waals surface area contributed by atoms with Crippen molar-refractivity contribution in [3.8, 4) is 0 Å². The van der Waals surface area contributed by atoms with Crippen LogP contribution in [0, 0.1) is 12.8 Å². The predicted molar refractivity (Wildman–Crippen MR) is 63.8 cm³/mol. The fourth-order valence-corrected chi connectivity index (χ4v) is 1.25. The number of hydrogen-bond donors (Lipinski definition) is 0. The molecule has 0 fully saturated rings. The fraction of sp³-hybridized carbons (Fsp3) is 0.583. The van der Waals surface area contributed by atoms with Crippen LogP contribution >= 0.6 is 0 Å². The van der Waals surface area contributed by atoms with E-state index in [9.17, 15) is 0 Å². The number of rotatable bonds is 4. The Hall–Kier alpha value is -1.25. The van der Waals surface area contributed by atoms with Crippen LogP contribution in [0.2, 0.25) is 0 Å². The van der Waals surface area contributed by atoms with E-state index in [1.807, 2.05) is 13.1 Å². The Morgan fingerprint density at radius 1 is 1.40 bits per heavy atom. The largest absolute Gasteiger partial charge is 0.257 e. The molecule has 3 nitrogen and oxygen atoms in total. The van der Waals surface area contributed by atoms with Gasteiger partial charge in [-0.05, 0) is 25.7 Å². The maximum absolute atomic E-state index is 4.50. The van der Waals surface area contributed by atoms with Gasteiger partial charge >= 0.3 is 0 Å². The summed E-state index contributed by atoms with van der Waals surface area (Å²) in [7, 11) is 0. The molecule has 0 spiro atoms. The second kappa shape index (κ2) is 5.59. The number of nitrogens with zero attached hydrogens (tertiary/aromatic N) is 3. The quantitative estimate of drug-likeness (QED) is 0.708. The van der Waals surface area contributed by atoms with E-state index in [0.29, 0.717) is 5.92 Å². The number of aliphatic imine (C=N–C) groups is 1. The summed E-state index contributed by atoms with van der Waals surface area (Å²) in [5, 5.41) is 0. The normalized spacial score (nSPS) is 13.3. The third-order valence-corrected chi connectivity index (χ3v) is 2.52. The maximum atomic E-state index is 4.50. The zero-order chi connectivity index (χ0) is 11.3. The molecule has 82 valence electrons. The maximum Gasteiger partial charge on any atom is 0.116 e. The van der Waals surface area contributed by atoms with E-state index in [1.54, 1.807) is 6.33 Å². The van der Waals surface area contributed by atoms with Gasteiger partial charge in [0, 0.05) is 6.21 Å². The van der Waals surface area contributed by atoms with E-state index in [4.69, 9.17) is 0 Å². The van der Waals surface area contributed by atoms with E-state index < -0.39 is 0 Å². The first-order valence-corrected chi connectivity index (χ1v) is 5.53. The summed E-state index contributed by atoms with van der Waals surface area (Å²) in [6, 6.07) is 0. The number of hydrogen-bond acceptors (Lipinski definition) is 3. The molecule has 0 aromatic carbocycles. The van der Waals surface area contributed by atoms with Crippen molar-refractivity contribution in [2.45, 2.75) is 40.5 Å². The Balaban J connectivity index is 2.97. The minimum atomic E-state index is 0.509. The van der Waals surface area contributed by atoms with E-state index in [2.05, 4.69) is 35.7 Å². The van der Waals surface area contributed by atoms with Crippen molar-refractivity contribution in [1.29, 1.82) is 0 Å². The van der Waals surface area contributed by atoms with Crippen LogP contribution in [0.25, 0.3) is 0 Å². The van der Waals surface area contributed by atoms with E-state index >= 15 is 0 Å². The van der Waals surface area contributed by atoms with Gasteiger partial charge in [0.1, 0.15) is 12.0 Å². The molecular weight excluding hydrogens is 186 g/mol. The van der Waals surface area contributed by atoms with Crippen molar-refractivity contribution in [3.05, 3.63) is 17.7 Å². The molecule has 0 N–H and O–H groups in total. The zero-order valence-electron chi connectivity index (χ0n) is 9.99. The summed E-state index contributed by atoms with van der Waals surface area (Å²) < 4.78 is 0. The molecule has 1 unspecified atom stereocenters. The van der Waals surface area contributed by atoms with Gasteiger partial charge < -0.3 is 0 Å². The average Bonchev–Trinajstić information content (AvgIpc) is 2.26. The van der Waals surface area contributed by atoms with Crippen molar-refractivity contribution in [2.24, 2.45) is 10.9 Å². The van der Waals surface area contributed by atoms with Gasteiger partial charge in [0.25, 0.3) is 0 Å². The lowest BCUT2D eigenvalue weighted by atomic mass is 10.1. The monoisotopic (exact) mass is 205 g/mol. The van der Waals surface area contributed by atoms with Gasteiger partial charge in [-0.2, -0.15) is 0 Å². The minimum absolute atomic E-state index is 0.509. The van der Waals surface area contributed by atoms with Crippen LogP contribution in [-0.2, 0) is 6.42 Å². The van der Waals surface area contributed by atoms with Gasteiger partial charge in [0.15, 0.2) is 0 Å². The van der Waals surface area contributed by atoms with Crippen LogP contribution in [0.5, 0.6) is 0 Å². The smallest absolute Gasteiger partial charge is 0.116 e. The van der Waals surface area contributed by atoms with Gasteiger partial charge in [-0.15, -0.1) is 0 Å². The highest BCUT2D eigenvalue weighted by atomic mass is 14.9. The number of aromatic nitrogens is 2. The first-order chi connectivity index (χ1) is 7.19. The molecule has 15 heavy (non-hydrogen) atoms. The molecule has 1 rings (SSSR count). The Kier molecular flexibility index (Phi) is 4.40. The number of aryl methyl sites for hydroxylation is 2. The fourth-order valence-electron chi connectivity index (χ4n) is 1.25. The highest BCUT2D eigenvalue weighted by Crippen LogP contribution is 2.20. The Morgan fingerprint density at radius 3 is 2.73 bits per heavy atom. The second-order valence-electron chi connectivity index (χ2n) is 3.77. The molecule has 0 radical (unpaired) electrons. The minimum Gasteiger partial charge on any atom is -0.257 e. The van der Waals surface area contributed by atoms with E-state index in [0.717, 1.165) is 29.9 Å². The highest BCUT2D eigenvalue weighted by molar-refractivity contribution is 5.66. The first kappa shape index (κ1) is 11.8. The van der Waals surface area contributed by atoms with Crippen LogP contribution in [-0.4, -0.2) is 16.2 Å². The third-order valence-electron chi connectivity index (χ3n) is 2.52. The Bertz CT molecular complexity index is 345. The summed E-state index contributed by atoms with van der Waals surface area (Å²) in [5.41, 5.74) is 2.93. The van der Waals surface area contributed by atoms with Crippen molar-refractivity contribution >= 4 is 11.9 Å². The average molecular weight is 205 g/mol. The molecule has 0 aliphatic rings. The standard InChI is InChI=1S/C12H19N3/c1-5-9(3)7-13-12-10(4)14-8-15-11(12)6-2/h7-9H,5-6H2,1-4H3. The molecule has 0 saturated carbocycles. The van der Waals surface area contributed by atoms with Crippen LogP contribution in [0.3, 0.4) is 0 Å². The topological polar surface area (TPSA) is 38.1 Å². The van der Waals surface area contributed by atoms with Crippen LogP contribution in [0.4, 0.5) is 5.69 Å². The lowest BCUT2D eigenvalue weighted by Gasteiger charge is -2.05. The highest BCUT2D eigenvalue weighted by Gasteiger charge is 2.04. The van der Waals surface area contributed by atoms with E-state index in [1.165, 1.54) is 0 Å². The van der Waals surface area contributed by atoms with E-state index in [-0.39, 0.29) is 0 Å². The van der Waals surface area contributed by atoms with Gasteiger partial charge in [-0.1, -0.05) is 20.8 Å². The summed E-state index contributed by atoms with van der Waals surface area (Å²) >= 11 is 0. The molecule has 0 aliphatic carbocycles.